The number of primary sulfonamides is 1. The molecule has 0 aromatic heterocycles. The van der Waals surface area contributed by atoms with E-state index in [1.807, 2.05) is 0 Å². The maximum absolute atomic E-state index is 14.0. The maximum Gasteiger partial charge on any atom is 0.412 e. The fourth-order valence-electron chi connectivity index (χ4n) is 4.01. The van der Waals surface area contributed by atoms with E-state index in [4.69, 9.17) is 9.88 Å². The van der Waals surface area contributed by atoms with Gasteiger partial charge in [0.15, 0.2) is 0 Å². The van der Waals surface area contributed by atoms with Crippen LogP contribution >= 0.6 is 0 Å². The van der Waals surface area contributed by atoms with Crippen LogP contribution in [0.25, 0.3) is 0 Å². The van der Waals surface area contributed by atoms with Gasteiger partial charge in [0.2, 0.25) is 10.0 Å². The number of nitrogens with one attached hydrogen (secondary N) is 1. The van der Waals surface area contributed by atoms with E-state index >= 15 is 0 Å². The van der Waals surface area contributed by atoms with Gasteiger partial charge < -0.3 is 15.0 Å². The predicted octanol–water partition coefficient (Wildman–Crippen LogP) is 4.30. The predicted molar refractivity (Wildman–Crippen MR) is 118 cm³/mol. The van der Waals surface area contributed by atoms with Gasteiger partial charge in [0.05, 0.1) is 22.9 Å². The molecule has 176 valence electrons. The molecule has 0 spiro atoms. The summed E-state index contributed by atoms with van der Waals surface area (Å²) in [6.45, 7) is 4.21. The van der Waals surface area contributed by atoms with Crippen LogP contribution in [0, 0.1) is 5.41 Å². The summed E-state index contributed by atoms with van der Waals surface area (Å²) in [5.74, 6) is 0. The summed E-state index contributed by atoms with van der Waals surface area (Å²) >= 11 is 0. The van der Waals surface area contributed by atoms with Gasteiger partial charge in [-0.3, -0.25) is 0 Å². The largest absolute Gasteiger partial charge is 0.412 e. The molecule has 0 saturated carbocycles. The molecular formula is C22H28F3N3O3S. The minimum absolute atomic E-state index is 0.0488. The van der Waals surface area contributed by atoms with Crippen molar-refractivity contribution in [2.75, 3.05) is 37.0 Å². The van der Waals surface area contributed by atoms with Gasteiger partial charge >= 0.3 is 6.18 Å². The number of benzene rings is 2. The van der Waals surface area contributed by atoms with Crippen LogP contribution in [-0.4, -0.2) is 41.4 Å². The van der Waals surface area contributed by atoms with Gasteiger partial charge in [-0.05, 0) is 48.1 Å². The molecule has 10 heteroatoms. The van der Waals surface area contributed by atoms with E-state index in [1.54, 1.807) is 31.4 Å². The summed E-state index contributed by atoms with van der Waals surface area (Å²) in [4.78, 5) is 1.84. The molecule has 32 heavy (non-hydrogen) atoms. The lowest BCUT2D eigenvalue weighted by atomic mass is 9.81. The molecular weight excluding hydrogens is 443 g/mol. The highest BCUT2D eigenvalue weighted by Gasteiger charge is 2.41. The molecule has 2 aromatic carbocycles. The Bertz CT molecular complexity index is 1020. The number of hydrogen-bond donors (Lipinski definition) is 2. The molecule has 1 heterocycles. The van der Waals surface area contributed by atoms with E-state index in [1.165, 1.54) is 0 Å². The average molecular weight is 472 g/mol. The zero-order valence-electron chi connectivity index (χ0n) is 18.0. The van der Waals surface area contributed by atoms with Gasteiger partial charge in [-0.1, -0.05) is 31.2 Å². The minimum Gasteiger partial charge on any atom is -0.384 e. The summed E-state index contributed by atoms with van der Waals surface area (Å²) in [7, 11) is -2.32. The van der Waals surface area contributed by atoms with Crippen LogP contribution in [-0.2, 0) is 14.8 Å². The molecule has 1 fully saturated rings. The summed E-state index contributed by atoms with van der Waals surface area (Å²) in [5.41, 5.74) is 1.00. The number of rotatable bonds is 7. The van der Waals surface area contributed by atoms with E-state index in [-0.39, 0.29) is 15.9 Å². The van der Waals surface area contributed by atoms with Crippen molar-refractivity contribution in [2.45, 2.75) is 36.9 Å². The fourth-order valence-corrected chi connectivity index (χ4v) is 4.53. The number of hydrogen-bond acceptors (Lipinski definition) is 5. The van der Waals surface area contributed by atoms with E-state index in [2.05, 4.69) is 17.1 Å². The van der Waals surface area contributed by atoms with E-state index in [0.29, 0.717) is 31.1 Å². The second-order valence-electron chi connectivity index (χ2n) is 8.48. The van der Waals surface area contributed by atoms with Crippen molar-refractivity contribution in [3.05, 3.63) is 54.1 Å². The van der Waals surface area contributed by atoms with E-state index in [0.717, 1.165) is 37.1 Å². The molecule has 1 aliphatic rings. The highest BCUT2D eigenvalue weighted by atomic mass is 32.2. The number of anilines is 2. The molecule has 3 N–H and O–H groups in total. The van der Waals surface area contributed by atoms with Crippen LogP contribution in [0.4, 0.5) is 24.5 Å². The highest BCUT2D eigenvalue weighted by molar-refractivity contribution is 7.89. The molecule has 0 radical (unpaired) electrons. The first-order valence-electron chi connectivity index (χ1n) is 10.2. The number of nitrogens with zero attached hydrogens (tertiary/aromatic N) is 1. The van der Waals surface area contributed by atoms with E-state index in [9.17, 15) is 21.6 Å². The number of para-hydroxylation sites is 2. The first-order chi connectivity index (χ1) is 14.9. The second-order valence-corrected chi connectivity index (χ2v) is 10.0. The zero-order chi connectivity index (χ0) is 23.6. The third-order valence-corrected chi connectivity index (χ3v) is 6.81. The molecule has 1 aliphatic heterocycles. The number of alkyl halides is 3. The minimum atomic E-state index is -4.60. The highest BCUT2D eigenvalue weighted by Crippen LogP contribution is 2.40. The standard InChI is InChI=1S/C22H28F3N3O3S/c1-21(15-31-2)11-13-28(14-12-21)19-6-4-3-5-18(19)27-20(22(23,24)25)16-7-9-17(10-8-16)32(26,29)30/h3-10,20,27H,11-15H2,1-2H3,(H2,26,29,30). The number of halogens is 3. The quantitative estimate of drug-likeness (QED) is 0.629. The first-order valence-corrected chi connectivity index (χ1v) is 11.8. The molecule has 3 rings (SSSR count). The number of nitrogens with two attached hydrogens (primary N) is 1. The van der Waals surface area contributed by atoms with Crippen LogP contribution in [0.1, 0.15) is 31.4 Å². The Morgan fingerprint density at radius 3 is 2.25 bits per heavy atom. The number of sulfonamides is 1. The Morgan fingerprint density at radius 1 is 1.12 bits per heavy atom. The Kier molecular flexibility index (Phi) is 7.06. The number of methoxy groups -OCH3 is 1. The second kappa shape index (κ2) is 9.29. The molecule has 0 aliphatic carbocycles. The van der Waals surface area contributed by atoms with Crippen molar-refractivity contribution in [3.8, 4) is 0 Å². The zero-order valence-corrected chi connectivity index (χ0v) is 18.8. The smallest absolute Gasteiger partial charge is 0.384 e. The van der Waals surface area contributed by atoms with Gasteiger partial charge in [0.1, 0.15) is 6.04 Å². The fraction of sp³-hybridized carbons (Fsp3) is 0.455. The number of piperidine rings is 1. The molecule has 6 nitrogen and oxygen atoms in total. The normalized spacial score (nSPS) is 17.8. The molecule has 0 amide bonds. The summed E-state index contributed by atoms with van der Waals surface area (Å²) in [5, 5.41) is 7.69. The van der Waals surface area contributed by atoms with Gasteiger partial charge in [-0.2, -0.15) is 13.2 Å². The van der Waals surface area contributed by atoms with E-state index < -0.39 is 22.2 Å². The Morgan fingerprint density at radius 2 is 1.72 bits per heavy atom. The molecule has 1 atom stereocenters. The Balaban J connectivity index is 1.86. The first kappa shape index (κ1) is 24.3. The molecule has 1 saturated heterocycles. The molecule has 0 bridgehead atoms. The van der Waals surface area contributed by atoms with Crippen molar-refractivity contribution in [3.63, 3.8) is 0 Å². The van der Waals surface area contributed by atoms with Crippen molar-refractivity contribution < 1.29 is 26.3 Å². The summed E-state index contributed by atoms with van der Waals surface area (Å²) in [6.07, 6.45) is -2.87. The topological polar surface area (TPSA) is 84.7 Å². The molecule has 1 unspecified atom stereocenters. The Labute approximate surface area is 186 Å². The van der Waals surface area contributed by atoms with Gasteiger partial charge in [0, 0.05) is 20.2 Å². The van der Waals surface area contributed by atoms with Crippen LogP contribution in [0.2, 0.25) is 0 Å². The van der Waals surface area contributed by atoms with Gasteiger partial charge in [-0.25, -0.2) is 13.6 Å². The lowest BCUT2D eigenvalue weighted by Gasteiger charge is -2.41. The lowest BCUT2D eigenvalue weighted by Crippen LogP contribution is -2.41. The molecule has 2 aromatic rings. The Hall–Kier alpha value is -2.30. The third-order valence-electron chi connectivity index (χ3n) is 5.88. The maximum atomic E-state index is 14.0. The number of ether oxygens (including phenoxy) is 1. The van der Waals surface area contributed by atoms with Gasteiger partial charge in [0.25, 0.3) is 0 Å². The van der Waals surface area contributed by atoms with Crippen molar-refractivity contribution in [1.82, 2.24) is 0 Å². The third kappa shape index (κ3) is 5.73. The SMILES string of the molecule is COCC1(C)CCN(c2ccccc2NC(c2ccc(S(N)(=O)=O)cc2)C(F)(F)F)CC1. The monoisotopic (exact) mass is 471 g/mol. The summed E-state index contributed by atoms with van der Waals surface area (Å²) < 4.78 is 70.0. The van der Waals surface area contributed by atoms with Gasteiger partial charge in [-0.15, -0.1) is 0 Å². The average Bonchev–Trinajstić information content (AvgIpc) is 2.72. The van der Waals surface area contributed by atoms with Crippen molar-refractivity contribution in [2.24, 2.45) is 10.6 Å². The van der Waals surface area contributed by atoms with Crippen LogP contribution in [0.3, 0.4) is 0 Å². The van der Waals surface area contributed by atoms with Crippen molar-refractivity contribution in [1.29, 1.82) is 0 Å². The van der Waals surface area contributed by atoms with Crippen LogP contribution < -0.4 is 15.4 Å². The summed E-state index contributed by atoms with van der Waals surface area (Å²) in [6, 6.07) is 9.32. The van der Waals surface area contributed by atoms with Crippen molar-refractivity contribution >= 4 is 21.4 Å². The van der Waals surface area contributed by atoms with Crippen LogP contribution in [0.5, 0.6) is 0 Å². The van der Waals surface area contributed by atoms with Crippen LogP contribution in [0.15, 0.2) is 53.4 Å². The lowest BCUT2D eigenvalue weighted by molar-refractivity contribution is -0.144.